The number of hydrogen-bond donors (Lipinski definition) is 3. The number of amides is 2. The summed E-state index contributed by atoms with van der Waals surface area (Å²) in [5, 5.41) is 17.4. The number of anilines is 1. The van der Waals surface area contributed by atoms with Crippen LogP contribution < -0.4 is 10.7 Å². The molecular formula is C27H36N6O4. The summed E-state index contributed by atoms with van der Waals surface area (Å²) in [6.45, 7) is 9.08. The lowest BCUT2D eigenvalue weighted by Gasteiger charge is -2.46. The van der Waals surface area contributed by atoms with E-state index in [1.807, 2.05) is 20.8 Å². The number of pyridine rings is 1. The van der Waals surface area contributed by atoms with E-state index in [1.54, 1.807) is 42.6 Å². The summed E-state index contributed by atoms with van der Waals surface area (Å²) in [6, 6.07) is 10.5. The Labute approximate surface area is 217 Å². The minimum absolute atomic E-state index is 0.259. The smallest absolute Gasteiger partial charge is 0.411 e. The molecule has 0 bridgehead atoms. The third-order valence-electron chi connectivity index (χ3n) is 6.80. The third-order valence-corrected chi connectivity index (χ3v) is 6.80. The molecule has 10 nitrogen and oxygen atoms in total. The Morgan fingerprint density at radius 3 is 2.51 bits per heavy atom. The van der Waals surface area contributed by atoms with Gasteiger partial charge in [-0.15, -0.1) is 5.10 Å². The average molecular weight is 509 g/mol. The number of nitrogens with one attached hydrogen (secondary N) is 2. The molecule has 4 rings (SSSR count). The van der Waals surface area contributed by atoms with Crippen molar-refractivity contribution in [3.05, 3.63) is 59.9 Å². The first-order chi connectivity index (χ1) is 17.7. The lowest BCUT2D eigenvalue weighted by Crippen LogP contribution is -2.66. The maximum atomic E-state index is 12.4. The van der Waals surface area contributed by atoms with Gasteiger partial charge in [0.05, 0.1) is 5.56 Å². The number of hydrazone groups is 1. The molecule has 1 aromatic carbocycles. The molecule has 10 heteroatoms. The van der Waals surface area contributed by atoms with Gasteiger partial charge in [0.25, 0.3) is 11.8 Å². The number of ether oxygens (including phenoxy) is 1. The second kappa shape index (κ2) is 11.2. The van der Waals surface area contributed by atoms with Crippen molar-refractivity contribution >= 4 is 23.6 Å². The maximum absolute atomic E-state index is 12.4. The van der Waals surface area contributed by atoms with E-state index in [0.717, 1.165) is 19.6 Å². The van der Waals surface area contributed by atoms with Gasteiger partial charge in [-0.05, 0) is 75.3 Å². The fraction of sp³-hybridized carbons (Fsp3) is 0.481. The van der Waals surface area contributed by atoms with Gasteiger partial charge in [-0.25, -0.2) is 10.2 Å². The standard InChI is InChI=1S/C27H36N6O4/c1-26(2,3)27(33(25(35)36)18-8-17-32-15-5-4-6-16-32)31-30-24(37-27)20-10-12-22(13-11-20)29-23(34)21-9-7-14-28-19-21/h7,9-14,19,31H,4-6,8,15-18H2,1-3H3,(H,29,34)(H,35,36). The second-order valence-corrected chi connectivity index (χ2v) is 10.5. The van der Waals surface area contributed by atoms with Gasteiger partial charge in [-0.1, -0.05) is 27.2 Å². The first-order valence-corrected chi connectivity index (χ1v) is 12.8. The van der Waals surface area contributed by atoms with Gasteiger partial charge in [-0.2, -0.15) is 0 Å². The normalized spacial score (nSPS) is 19.9. The summed E-state index contributed by atoms with van der Waals surface area (Å²) in [5.41, 5.74) is 4.12. The van der Waals surface area contributed by atoms with Crippen LogP contribution in [0, 0.1) is 5.41 Å². The summed E-state index contributed by atoms with van der Waals surface area (Å²) >= 11 is 0. The van der Waals surface area contributed by atoms with E-state index in [2.05, 4.69) is 25.7 Å². The zero-order chi connectivity index (χ0) is 26.5. The minimum Gasteiger partial charge on any atom is -0.465 e. The highest BCUT2D eigenvalue weighted by atomic mass is 16.6. The molecule has 1 atom stereocenters. The molecule has 2 aromatic rings. The fourth-order valence-corrected chi connectivity index (χ4v) is 4.70. The van der Waals surface area contributed by atoms with E-state index in [0.29, 0.717) is 35.7 Å². The van der Waals surface area contributed by atoms with Crippen LogP contribution in [0.5, 0.6) is 0 Å². The number of likely N-dealkylation sites (tertiary alicyclic amines) is 1. The molecule has 3 N–H and O–H groups in total. The molecule has 0 aliphatic carbocycles. The number of piperidine rings is 1. The van der Waals surface area contributed by atoms with Crippen LogP contribution in [0.25, 0.3) is 0 Å². The predicted octanol–water partition coefficient (Wildman–Crippen LogP) is 4.17. The topological polar surface area (TPSA) is 119 Å². The first-order valence-electron chi connectivity index (χ1n) is 12.8. The second-order valence-electron chi connectivity index (χ2n) is 10.5. The number of carbonyl (C=O) groups excluding carboxylic acids is 1. The van der Waals surface area contributed by atoms with E-state index >= 15 is 0 Å². The van der Waals surface area contributed by atoms with Crippen molar-refractivity contribution in [3.63, 3.8) is 0 Å². The summed E-state index contributed by atoms with van der Waals surface area (Å²) in [6.07, 6.45) is 6.41. The highest BCUT2D eigenvalue weighted by Gasteiger charge is 2.55. The van der Waals surface area contributed by atoms with Gasteiger partial charge in [0.2, 0.25) is 5.90 Å². The number of carbonyl (C=O) groups is 2. The van der Waals surface area contributed by atoms with Gasteiger partial charge in [0.15, 0.2) is 0 Å². The first kappa shape index (κ1) is 26.4. The Morgan fingerprint density at radius 1 is 1.16 bits per heavy atom. The van der Waals surface area contributed by atoms with E-state index in [4.69, 9.17) is 4.74 Å². The van der Waals surface area contributed by atoms with Crippen LogP contribution in [0.3, 0.4) is 0 Å². The Balaban J connectivity index is 1.44. The molecule has 0 saturated carbocycles. The maximum Gasteiger partial charge on any atom is 0.411 e. The molecule has 0 radical (unpaired) electrons. The van der Waals surface area contributed by atoms with Crippen LogP contribution in [0.15, 0.2) is 53.9 Å². The zero-order valence-corrected chi connectivity index (χ0v) is 21.7. The van der Waals surface area contributed by atoms with Crippen molar-refractivity contribution in [2.75, 3.05) is 31.5 Å². The molecule has 1 unspecified atom stereocenters. The van der Waals surface area contributed by atoms with Gasteiger partial charge in [0, 0.05) is 35.6 Å². The van der Waals surface area contributed by atoms with Crippen LogP contribution in [0.4, 0.5) is 10.5 Å². The number of hydrogen-bond acceptors (Lipinski definition) is 7. The number of aromatic nitrogens is 1. The molecule has 1 saturated heterocycles. The number of nitrogens with zero attached hydrogens (tertiary/aromatic N) is 4. The summed E-state index contributed by atoms with van der Waals surface area (Å²) < 4.78 is 6.33. The van der Waals surface area contributed by atoms with Crippen molar-refractivity contribution in [2.45, 2.75) is 52.3 Å². The quantitative estimate of drug-likeness (QED) is 0.490. The van der Waals surface area contributed by atoms with Crippen LogP contribution in [0.1, 0.15) is 62.4 Å². The SMILES string of the molecule is CC(C)(C)C1(N(CCCN2CCCCC2)C(=O)O)NN=C(c2ccc(NC(=O)c3cccnc3)cc2)O1. The lowest BCUT2D eigenvalue weighted by molar-refractivity contribution is -0.159. The molecule has 3 heterocycles. The number of carboxylic acid groups (broad SMARTS) is 1. The van der Waals surface area contributed by atoms with Crippen molar-refractivity contribution in [2.24, 2.45) is 10.5 Å². The summed E-state index contributed by atoms with van der Waals surface area (Å²) in [5.74, 6) is -1.32. The molecule has 37 heavy (non-hydrogen) atoms. The lowest BCUT2D eigenvalue weighted by atomic mass is 9.88. The minimum atomic E-state index is -1.36. The van der Waals surface area contributed by atoms with Gasteiger partial charge in [-0.3, -0.25) is 14.7 Å². The van der Waals surface area contributed by atoms with Crippen molar-refractivity contribution in [1.29, 1.82) is 0 Å². The molecular weight excluding hydrogens is 472 g/mol. The van der Waals surface area contributed by atoms with Crippen LogP contribution in [-0.4, -0.2) is 69.8 Å². The monoisotopic (exact) mass is 508 g/mol. The van der Waals surface area contributed by atoms with Crippen molar-refractivity contribution in [3.8, 4) is 0 Å². The number of benzene rings is 1. The predicted molar refractivity (Wildman–Crippen MR) is 141 cm³/mol. The molecule has 198 valence electrons. The zero-order valence-electron chi connectivity index (χ0n) is 21.7. The molecule has 1 aromatic heterocycles. The van der Waals surface area contributed by atoms with E-state index < -0.39 is 17.4 Å². The van der Waals surface area contributed by atoms with Crippen LogP contribution >= 0.6 is 0 Å². The Hall–Kier alpha value is -3.66. The van der Waals surface area contributed by atoms with Gasteiger partial charge >= 0.3 is 6.09 Å². The average Bonchev–Trinajstić information content (AvgIpc) is 3.35. The molecule has 2 aliphatic rings. The fourth-order valence-electron chi connectivity index (χ4n) is 4.70. The molecule has 1 fully saturated rings. The molecule has 0 spiro atoms. The molecule has 2 amide bonds. The van der Waals surface area contributed by atoms with E-state index in [9.17, 15) is 14.7 Å². The third kappa shape index (κ3) is 6.02. The highest BCUT2D eigenvalue weighted by molar-refractivity contribution is 6.04. The van der Waals surface area contributed by atoms with Crippen molar-refractivity contribution < 1.29 is 19.4 Å². The van der Waals surface area contributed by atoms with Gasteiger partial charge in [0.1, 0.15) is 0 Å². The Kier molecular flexibility index (Phi) is 7.97. The van der Waals surface area contributed by atoms with E-state index in [-0.39, 0.29) is 5.91 Å². The van der Waals surface area contributed by atoms with Gasteiger partial charge < -0.3 is 20.1 Å². The van der Waals surface area contributed by atoms with E-state index in [1.165, 1.54) is 30.4 Å². The Morgan fingerprint density at radius 2 is 1.89 bits per heavy atom. The summed E-state index contributed by atoms with van der Waals surface area (Å²) in [7, 11) is 0. The van der Waals surface area contributed by atoms with Crippen LogP contribution in [0.2, 0.25) is 0 Å². The number of rotatable bonds is 8. The summed E-state index contributed by atoms with van der Waals surface area (Å²) in [4.78, 5) is 32.5. The molecule has 2 aliphatic heterocycles. The van der Waals surface area contributed by atoms with Crippen LogP contribution in [-0.2, 0) is 4.74 Å². The Bertz CT molecular complexity index is 1110. The van der Waals surface area contributed by atoms with Crippen molar-refractivity contribution in [1.82, 2.24) is 20.2 Å². The highest BCUT2D eigenvalue weighted by Crippen LogP contribution is 2.38. The largest absolute Gasteiger partial charge is 0.465 e.